The van der Waals surface area contributed by atoms with Gasteiger partial charge in [-0.3, -0.25) is 4.79 Å². The van der Waals surface area contributed by atoms with E-state index >= 15 is 0 Å². The maximum atomic E-state index is 12.9. The van der Waals surface area contributed by atoms with Crippen LogP contribution in [-0.2, 0) is 16.6 Å². The highest BCUT2D eigenvalue weighted by Gasteiger charge is 2.69. The lowest BCUT2D eigenvalue weighted by Crippen LogP contribution is -2.28. The van der Waals surface area contributed by atoms with Gasteiger partial charge in [0.05, 0.1) is 10.8 Å². The van der Waals surface area contributed by atoms with Gasteiger partial charge < -0.3 is 15.5 Å². The Morgan fingerprint density at radius 3 is 2.76 bits per heavy atom. The van der Waals surface area contributed by atoms with E-state index in [-0.39, 0.29) is 17.8 Å². The Morgan fingerprint density at radius 1 is 1.27 bits per heavy atom. The van der Waals surface area contributed by atoms with Crippen molar-refractivity contribution in [1.82, 2.24) is 15.0 Å². The van der Waals surface area contributed by atoms with Crippen LogP contribution in [-0.4, -0.2) is 31.1 Å². The highest BCUT2D eigenvalue weighted by molar-refractivity contribution is 7.15. The zero-order valence-electron chi connectivity index (χ0n) is 17.3. The number of thiazole rings is 1. The smallest absolute Gasteiger partial charge is 0.433 e. The third kappa shape index (κ3) is 3.84. The maximum absolute atomic E-state index is 12.9. The first-order chi connectivity index (χ1) is 15.6. The number of nitrogens with one attached hydrogen (secondary N) is 1. The number of anilines is 2. The van der Waals surface area contributed by atoms with E-state index in [0.29, 0.717) is 23.5 Å². The summed E-state index contributed by atoms with van der Waals surface area (Å²) < 4.78 is 38.8. The molecule has 2 aromatic heterocycles. The minimum atomic E-state index is -4.57. The SMILES string of the molecule is Cc1cc(Nc2nccc(C(F)(F)F)n2)cc(-c2cnc(C3(O)CCC4C(C(=O)O)C43)s2)c1. The van der Waals surface area contributed by atoms with E-state index in [9.17, 15) is 28.2 Å². The minimum absolute atomic E-state index is 0.0120. The highest BCUT2D eigenvalue weighted by atomic mass is 32.1. The van der Waals surface area contributed by atoms with Crippen molar-refractivity contribution in [3.8, 4) is 10.4 Å². The van der Waals surface area contributed by atoms with Crippen molar-refractivity contribution in [3.63, 3.8) is 0 Å². The second-order valence-corrected chi connectivity index (χ2v) is 9.55. The summed E-state index contributed by atoms with van der Waals surface area (Å²) in [6.45, 7) is 1.85. The van der Waals surface area contributed by atoms with Crippen molar-refractivity contribution in [1.29, 1.82) is 0 Å². The van der Waals surface area contributed by atoms with Crippen molar-refractivity contribution in [2.75, 3.05) is 5.32 Å². The molecule has 5 rings (SSSR count). The first kappa shape index (κ1) is 21.8. The molecule has 0 radical (unpaired) electrons. The second kappa shape index (κ2) is 7.49. The van der Waals surface area contributed by atoms with E-state index in [1.165, 1.54) is 11.3 Å². The number of hydrogen-bond acceptors (Lipinski definition) is 7. The zero-order valence-corrected chi connectivity index (χ0v) is 18.1. The average molecular weight is 476 g/mol. The average Bonchev–Trinajstić information content (AvgIpc) is 3.08. The molecule has 2 aliphatic carbocycles. The van der Waals surface area contributed by atoms with Crippen LogP contribution in [0.1, 0.15) is 29.1 Å². The molecule has 2 heterocycles. The van der Waals surface area contributed by atoms with Crippen LogP contribution in [0.5, 0.6) is 0 Å². The number of fused-ring (bicyclic) bond motifs is 1. The number of aliphatic carboxylic acids is 1. The monoisotopic (exact) mass is 476 g/mol. The van der Waals surface area contributed by atoms with Crippen LogP contribution in [0.2, 0.25) is 0 Å². The molecule has 2 fully saturated rings. The number of carboxylic acids is 1. The fourth-order valence-electron chi connectivity index (χ4n) is 4.83. The molecule has 0 spiro atoms. The molecule has 0 amide bonds. The van der Waals surface area contributed by atoms with Gasteiger partial charge in [-0.1, -0.05) is 6.07 Å². The van der Waals surface area contributed by atoms with Crippen LogP contribution in [0.15, 0.2) is 36.7 Å². The summed E-state index contributed by atoms with van der Waals surface area (Å²) in [4.78, 5) is 24.0. The predicted octanol–water partition coefficient (Wildman–Crippen LogP) is 4.60. The van der Waals surface area contributed by atoms with Crippen LogP contribution >= 0.6 is 11.3 Å². The molecule has 0 aliphatic heterocycles. The number of carboxylic acid groups (broad SMARTS) is 1. The van der Waals surface area contributed by atoms with Crippen LogP contribution in [0.4, 0.5) is 24.8 Å². The van der Waals surface area contributed by atoms with Gasteiger partial charge in [-0.25, -0.2) is 15.0 Å². The van der Waals surface area contributed by atoms with Crippen molar-refractivity contribution in [3.05, 3.63) is 52.9 Å². The fraction of sp³-hybridized carbons (Fsp3) is 0.364. The van der Waals surface area contributed by atoms with Gasteiger partial charge in [-0.15, -0.1) is 11.3 Å². The van der Waals surface area contributed by atoms with Gasteiger partial charge >= 0.3 is 12.1 Å². The molecular weight excluding hydrogens is 457 g/mol. The number of carbonyl (C=O) groups is 1. The highest BCUT2D eigenvalue weighted by Crippen LogP contribution is 2.66. The molecule has 1 aromatic carbocycles. The summed E-state index contributed by atoms with van der Waals surface area (Å²) in [5.74, 6) is -1.92. The zero-order chi connectivity index (χ0) is 23.5. The second-order valence-electron chi connectivity index (χ2n) is 8.52. The minimum Gasteiger partial charge on any atom is -0.481 e. The van der Waals surface area contributed by atoms with Gasteiger partial charge in [-0.2, -0.15) is 13.2 Å². The van der Waals surface area contributed by atoms with E-state index in [1.54, 1.807) is 18.3 Å². The van der Waals surface area contributed by atoms with E-state index in [1.807, 2.05) is 13.0 Å². The van der Waals surface area contributed by atoms with Gasteiger partial charge in [0.2, 0.25) is 5.95 Å². The van der Waals surface area contributed by atoms with Crippen molar-refractivity contribution in [2.45, 2.75) is 31.5 Å². The molecule has 0 saturated heterocycles. The number of aliphatic hydroxyl groups is 1. The van der Waals surface area contributed by atoms with E-state index < -0.39 is 29.4 Å². The summed E-state index contributed by atoms with van der Waals surface area (Å²) in [6, 6.07) is 6.20. The van der Waals surface area contributed by atoms with Crippen molar-refractivity contribution in [2.24, 2.45) is 17.8 Å². The van der Waals surface area contributed by atoms with Gasteiger partial charge in [0.25, 0.3) is 0 Å². The van der Waals surface area contributed by atoms with Gasteiger partial charge in [-0.05, 0) is 55.0 Å². The predicted molar refractivity (Wildman–Crippen MR) is 114 cm³/mol. The quantitative estimate of drug-likeness (QED) is 0.494. The number of aromatic nitrogens is 3. The molecule has 33 heavy (non-hydrogen) atoms. The van der Waals surface area contributed by atoms with Crippen LogP contribution < -0.4 is 5.32 Å². The largest absolute Gasteiger partial charge is 0.481 e. The van der Waals surface area contributed by atoms with E-state index in [4.69, 9.17) is 0 Å². The molecule has 2 saturated carbocycles. The Hall–Kier alpha value is -3.05. The molecular formula is C22H19F3N4O3S. The molecule has 2 aliphatic rings. The van der Waals surface area contributed by atoms with Crippen molar-refractivity contribution < 1.29 is 28.2 Å². The molecule has 4 unspecified atom stereocenters. The van der Waals surface area contributed by atoms with Gasteiger partial charge in [0.15, 0.2) is 0 Å². The van der Waals surface area contributed by atoms with Crippen LogP contribution in [0.25, 0.3) is 10.4 Å². The molecule has 4 atom stereocenters. The topological polar surface area (TPSA) is 108 Å². The van der Waals surface area contributed by atoms with Crippen molar-refractivity contribution >= 4 is 28.9 Å². The Labute approximate surface area is 190 Å². The summed E-state index contributed by atoms with van der Waals surface area (Å²) in [5, 5.41) is 23.9. The Morgan fingerprint density at radius 2 is 2.06 bits per heavy atom. The first-order valence-electron chi connectivity index (χ1n) is 10.3. The van der Waals surface area contributed by atoms with Crippen LogP contribution in [0.3, 0.4) is 0 Å². The van der Waals surface area contributed by atoms with E-state index in [2.05, 4.69) is 20.3 Å². The summed E-state index contributed by atoms with van der Waals surface area (Å²) in [7, 11) is 0. The molecule has 7 nitrogen and oxygen atoms in total. The Balaban J connectivity index is 1.41. The normalized spacial score (nSPS) is 26.2. The summed E-state index contributed by atoms with van der Waals surface area (Å²) in [5.41, 5.74) is -0.163. The number of hydrogen-bond donors (Lipinski definition) is 3. The van der Waals surface area contributed by atoms with Gasteiger partial charge in [0, 0.05) is 24.0 Å². The third-order valence-corrected chi connectivity index (χ3v) is 7.52. The lowest BCUT2D eigenvalue weighted by atomic mass is 9.95. The molecule has 0 bridgehead atoms. The number of halogens is 3. The number of alkyl halides is 3. The molecule has 3 aromatic rings. The molecule has 172 valence electrons. The van der Waals surface area contributed by atoms with E-state index in [0.717, 1.165) is 28.3 Å². The first-order valence-corrected chi connectivity index (χ1v) is 11.1. The number of aryl methyl sites for hydroxylation is 1. The molecule has 3 N–H and O–H groups in total. The van der Waals surface area contributed by atoms with Crippen LogP contribution in [0, 0.1) is 24.7 Å². The number of rotatable bonds is 5. The lowest BCUT2D eigenvalue weighted by molar-refractivity contribution is -0.141. The Bertz CT molecular complexity index is 1250. The standard InChI is InChI=1S/C22H19F3N4O3S/c1-10-6-11(8-12(7-10)28-20-26-5-3-15(29-20)22(23,24)25)14-9-27-19(33-14)21(32)4-2-13-16(17(13)21)18(30)31/h3,5-9,13,16-17,32H,2,4H2,1H3,(H,30,31)(H,26,28,29). The number of benzene rings is 1. The summed E-state index contributed by atoms with van der Waals surface area (Å²) >= 11 is 1.29. The Kier molecular flexibility index (Phi) is 4.94. The molecule has 11 heteroatoms. The van der Waals surface area contributed by atoms with Gasteiger partial charge in [0.1, 0.15) is 16.3 Å². The fourth-order valence-corrected chi connectivity index (χ4v) is 5.90. The maximum Gasteiger partial charge on any atom is 0.433 e. The lowest BCUT2D eigenvalue weighted by Gasteiger charge is -2.22. The third-order valence-electron chi connectivity index (χ3n) is 6.30. The summed E-state index contributed by atoms with van der Waals surface area (Å²) in [6.07, 6.45) is -0.767. The number of nitrogens with zero attached hydrogens (tertiary/aromatic N) is 3.